The lowest BCUT2D eigenvalue weighted by molar-refractivity contribution is 0.0988. The van der Waals surface area contributed by atoms with Crippen LogP contribution in [0.5, 0.6) is 0 Å². The van der Waals surface area contributed by atoms with Crippen LogP contribution in [0.4, 0.5) is 0 Å². The quantitative estimate of drug-likeness (QED) is 0.783. The molecular formula is C11H8BrNO2. The van der Waals surface area contributed by atoms with E-state index in [1.807, 2.05) is 24.3 Å². The number of benzene rings is 1. The predicted octanol–water partition coefficient (Wildman–Crippen LogP) is 3.31. The molecule has 0 saturated heterocycles. The minimum Gasteiger partial charge on any atom is -0.433 e. The summed E-state index contributed by atoms with van der Waals surface area (Å²) in [5, 5.41) is 0. The summed E-state index contributed by atoms with van der Waals surface area (Å²) in [5.74, 6) is 0.606. The number of Topliss-reactive ketones (excluding diaryl/α,β-unsaturated/α-hetero) is 1. The Hall–Kier alpha value is -1.42. The number of hydrogen-bond acceptors (Lipinski definition) is 3. The van der Waals surface area contributed by atoms with Gasteiger partial charge in [0, 0.05) is 11.4 Å². The third kappa shape index (κ3) is 1.99. The largest absolute Gasteiger partial charge is 0.433 e. The molecule has 0 saturated carbocycles. The second kappa shape index (κ2) is 3.98. The first-order valence-electron chi connectivity index (χ1n) is 4.40. The van der Waals surface area contributed by atoms with Gasteiger partial charge < -0.3 is 4.42 Å². The van der Waals surface area contributed by atoms with Crippen LogP contribution in [-0.2, 0) is 0 Å². The molecule has 0 bridgehead atoms. The maximum Gasteiger partial charge on any atom is 0.228 e. The summed E-state index contributed by atoms with van der Waals surface area (Å²) in [6.45, 7) is 1.45. The molecule has 0 aliphatic rings. The molecule has 0 aliphatic heterocycles. The van der Waals surface area contributed by atoms with E-state index in [1.165, 1.54) is 13.1 Å². The van der Waals surface area contributed by atoms with Gasteiger partial charge in [-0.1, -0.05) is 12.1 Å². The van der Waals surface area contributed by atoms with E-state index < -0.39 is 0 Å². The van der Waals surface area contributed by atoms with Gasteiger partial charge in [-0.25, -0.2) is 4.98 Å². The number of aromatic nitrogens is 1. The van der Waals surface area contributed by atoms with Crippen molar-refractivity contribution in [1.82, 2.24) is 4.98 Å². The van der Waals surface area contributed by atoms with E-state index in [-0.39, 0.29) is 11.5 Å². The molecule has 0 amide bonds. The van der Waals surface area contributed by atoms with E-state index in [4.69, 9.17) is 4.42 Å². The number of hydrogen-bond donors (Lipinski definition) is 0. The zero-order chi connectivity index (χ0) is 10.8. The number of nitrogens with zero attached hydrogens (tertiary/aromatic N) is 1. The van der Waals surface area contributed by atoms with Crippen molar-refractivity contribution in [3.63, 3.8) is 0 Å². The number of oxazole rings is 1. The van der Waals surface area contributed by atoms with Crippen molar-refractivity contribution >= 4 is 21.7 Å². The average Bonchev–Trinajstić information content (AvgIpc) is 2.67. The van der Waals surface area contributed by atoms with Crippen LogP contribution in [0.3, 0.4) is 0 Å². The van der Waals surface area contributed by atoms with Gasteiger partial charge in [0.15, 0.2) is 11.5 Å². The van der Waals surface area contributed by atoms with Gasteiger partial charge in [0.25, 0.3) is 0 Å². The average molecular weight is 266 g/mol. The molecular weight excluding hydrogens is 258 g/mol. The maximum atomic E-state index is 11.0. The SMILES string of the molecule is CC(=O)c1cnc(-c2ccccc2Br)o1. The highest BCUT2D eigenvalue weighted by atomic mass is 79.9. The third-order valence-electron chi connectivity index (χ3n) is 1.96. The lowest BCUT2D eigenvalue weighted by Gasteiger charge is -1.97. The number of halogens is 1. The van der Waals surface area contributed by atoms with Gasteiger partial charge in [0.1, 0.15) is 0 Å². The summed E-state index contributed by atoms with van der Waals surface area (Å²) in [4.78, 5) is 15.1. The first-order valence-corrected chi connectivity index (χ1v) is 5.19. The first kappa shape index (κ1) is 10.1. The predicted molar refractivity (Wildman–Crippen MR) is 59.6 cm³/mol. The lowest BCUT2D eigenvalue weighted by Crippen LogP contribution is -1.86. The molecule has 76 valence electrons. The Bertz CT molecular complexity index is 505. The lowest BCUT2D eigenvalue weighted by atomic mass is 10.2. The highest BCUT2D eigenvalue weighted by Crippen LogP contribution is 2.27. The zero-order valence-corrected chi connectivity index (χ0v) is 9.61. The summed E-state index contributed by atoms with van der Waals surface area (Å²) in [5.41, 5.74) is 0.838. The van der Waals surface area contributed by atoms with E-state index in [0.29, 0.717) is 5.89 Å². The molecule has 1 aromatic heterocycles. The van der Waals surface area contributed by atoms with Gasteiger partial charge in [0.2, 0.25) is 5.89 Å². The highest BCUT2D eigenvalue weighted by Gasteiger charge is 2.11. The highest BCUT2D eigenvalue weighted by molar-refractivity contribution is 9.10. The summed E-state index contributed by atoms with van der Waals surface area (Å²) < 4.78 is 6.21. The molecule has 0 atom stereocenters. The van der Waals surface area contributed by atoms with Crippen molar-refractivity contribution in [2.45, 2.75) is 6.92 Å². The van der Waals surface area contributed by atoms with Crippen molar-refractivity contribution in [2.24, 2.45) is 0 Å². The fourth-order valence-corrected chi connectivity index (χ4v) is 1.65. The molecule has 15 heavy (non-hydrogen) atoms. The Morgan fingerprint density at radius 3 is 2.73 bits per heavy atom. The van der Waals surface area contributed by atoms with Gasteiger partial charge in [-0.3, -0.25) is 4.79 Å². The van der Waals surface area contributed by atoms with Crippen LogP contribution >= 0.6 is 15.9 Å². The van der Waals surface area contributed by atoms with E-state index in [9.17, 15) is 4.79 Å². The van der Waals surface area contributed by atoms with E-state index in [2.05, 4.69) is 20.9 Å². The van der Waals surface area contributed by atoms with Crippen molar-refractivity contribution < 1.29 is 9.21 Å². The first-order chi connectivity index (χ1) is 7.18. The van der Waals surface area contributed by atoms with Crippen LogP contribution in [0.25, 0.3) is 11.5 Å². The van der Waals surface area contributed by atoms with Gasteiger partial charge in [0.05, 0.1) is 11.8 Å². The molecule has 0 spiro atoms. The Kier molecular flexibility index (Phi) is 2.68. The number of rotatable bonds is 2. The van der Waals surface area contributed by atoms with Crippen molar-refractivity contribution in [3.05, 3.63) is 40.7 Å². The van der Waals surface area contributed by atoms with Crippen molar-refractivity contribution in [2.75, 3.05) is 0 Å². The van der Waals surface area contributed by atoms with Crippen LogP contribution in [0.2, 0.25) is 0 Å². The molecule has 0 aliphatic carbocycles. The second-order valence-corrected chi connectivity index (χ2v) is 3.92. The van der Waals surface area contributed by atoms with Gasteiger partial charge in [-0.15, -0.1) is 0 Å². The smallest absolute Gasteiger partial charge is 0.228 e. The van der Waals surface area contributed by atoms with Crippen LogP contribution in [0.15, 0.2) is 39.4 Å². The molecule has 4 heteroatoms. The summed E-state index contributed by atoms with van der Waals surface area (Å²) >= 11 is 3.39. The van der Waals surface area contributed by atoms with Crippen molar-refractivity contribution in [3.8, 4) is 11.5 Å². The standard InChI is InChI=1S/C11H8BrNO2/c1-7(14)10-6-13-11(15-10)8-4-2-3-5-9(8)12/h2-6H,1H3. The monoisotopic (exact) mass is 265 g/mol. The fourth-order valence-electron chi connectivity index (χ4n) is 1.20. The minimum absolute atomic E-state index is 0.124. The van der Waals surface area contributed by atoms with Crippen LogP contribution in [0, 0.1) is 0 Å². The Labute approximate surface area is 95.3 Å². The Morgan fingerprint density at radius 2 is 2.13 bits per heavy atom. The number of carbonyl (C=O) groups excluding carboxylic acids is 1. The Balaban J connectivity index is 2.46. The molecule has 2 rings (SSSR count). The fraction of sp³-hybridized carbons (Fsp3) is 0.0909. The van der Waals surface area contributed by atoms with E-state index >= 15 is 0 Å². The van der Waals surface area contributed by atoms with Crippen LogP contribution in [-0.4, -0.2) is 10.8 Å². The van der Waals surface area contributed by atoms with Crippen LogP contribution in [0.1, 0.15) is 17.5 Å². The van der Waals surface area contributed by atoms with Gasteiger partial charge >= 0.3 is 0 Å². The van der Waals surface area contributed by atoms with E-state index in [1.54, 1.807) is 0 Å². The van der Waals surface area contributed by atoms with E-state index in [0.717, 1.165) is 10.0 Å². The molecule has 1 aromatic carbocycles. The van der Waals surface area contributed by atoms with Gasteiger partial charge in [-0.2, -0.15) is 0 Å². The summed E-state index contributed by atoms with van der Waals surface area (Å²) in [6, 6.07) is 7.56. The maximum absolute atomic E-state index is 11.0. The summed E-state index contributed by atoms with van der Waals surface area (Å²) in [6.07, 6.45) is 1.44. The Morgan fingerprint density at radius 1 is 1.40 bits per heavy atom. The molecule has 1 heterocycles. The molecule has 2 aromatic rings. The molecule has 0 unspecified atom stereocenters. The van der Waals surface area contributed by atoms with Crippen molar-refractivity contribution in [1.29, 1.82) is 0 Å². The number of ketones is 1. The molecule has 0 N–H and O–H groups in total. The van der Waals surface area contributed by atoms with Crippen LogP contribution < -0.4 is 0 Å². The third-order valence-corrected chi connectivity index (χ3v) is 2.65. The zero-order valence-electron chi connectivity index (χ0n) is 8.03. The molecule has 0 fully saturated rings. The summed E-state index contributed by atoms with van der Waals surface area (Å²) in [7, 11) is 0. The second-order valence-electron chi connectivity index (χ2n) is 3.07. The molecule has 0 radical (unpaired) electrons. The molecule has 3 nitrogen and oxygen atoms in total. The normalized spacial score (nSPS) is 10.3. The number of carbonyl (C=O) groups is 1. The minimum atomic E-state index is -0.124. The van der Waals surface area contributed by atoms with Gasteiger partial charge in [-0.05, 0) is 28.1 Å². The topological polar surface area (TPSA) is 43.1 Å².